The largest absolute Gasteiger partial charge is 0.496 e. The van der Waals surface area contributed by atoms with E-state index >= 15 is 0 Å². The number of carbonyl (C=O) groups is 3. The first-order valence-electron chi connectivity index (χ1n) is 15.1. The Kier molecular flexibility index (Phi) is 12.4. The first-order valence-corrected chi connectivity index (χ1v) is 16.0. The molecule has 0 heterocycles. The maximum atomic E-state index is 13.8. The van der Waals surface area contributed by atoms with Crippen LogP contribution in [0.2, 0.25) is 0 Å². The molecule has 0 aromatic heterocycles. The molecule has 1 atom stereocenters. The van der Waals surface area contributed by atoms with Gasteiger partial charge in [-0.3, -0.25) is 24.5 Å². The van der Waals surface area contributed by atoms with Crippen LogP contribution < -0.4 is 30.2 Å². The number of non-ortho nitro benzene ring substituents is 1. The van der Waals surface area contributed by atoms with Crippen LogP contribution in [-0.4, -0.2) is 49.2 Å². The van der Waals surface area contributed by atoms with Crippen LogP contribution in [0.1, 0.15) is 34.8 Å². The molecule has 3 N–H and O–H groups in total. The van der Waals surface area contributed by atoms with E-state index in [0.717, 1.165) is 0 Å². The summed E-state index contributed by atoms with van der Waals surface area (Å²) in [5.74, 6) is -0.175. The van der Waals surface area contributed by atoms with Gasteiger partial charge < -0.3 is 30.2 Å². The van der Waals surface area contributed by atoms with Gasteiger partial charge in [-0.15, -0.1) is 11.8 Å². The van der Waals surface area contributed by atoms with Crippen molar-refractivity contribution in [3.05, 3.63) is 117 Å². The fraction of sp³-hybridized carbons (Fsp3) is 0.194. The molecule has 0 aliphatic carbocycles. The quantitative estimate of drug-likeness (QED) is 0.0559. The highest BCUT2D eigenvalue weighted by molar-refractivity contribution is 8.00. The van der Waals surface area contributed by atoms with E-state index < -0.39 is 22.0 Å². The minimum Gasteiger partial charge on any atom is -0.496 e. The van der Waals surface area contributed by atoms with Gasteiger partial charge in [0.15, 0.2) is 11.5 Å². The molecule has 0 aliphatic rings. The maximum absolute atomic E-state index is 13.8. The summed E-state index contributed by atoms with van der Waals surface area (Å²) in [6.45, 7) is 3.57. The van der Waals surface area contributed by atoms with Crippen molar-refractivity contribution in [2.45, 2.75) is 30.4 Å². The Morgan fingerprint density at radius 3 is 2.18 bits per heavy atom. The maximum Gasteiger partial charge on any atom is 0.272 e. The molecule has 0 spiro atoms. The summed E-state index contributed by atoms with van der Waals surface area (Å²) in [6, 6.07) is 23.0. The molecule has 0 saturated carbocycles. The Morgan fingerprint density at radius 1 is 0.857 bits per heavy atom. The second kappa shape index (κ2) is 16.8. The second-order valence-corrected chi connectivity index (χ2v) is 11.8. The van der Waals surface area contributed by atoms with E-state index in [2.05, 4.69) is 16.0 Å². The number of thioether (sulfide) groups is 1. The van der Waals surface area contributed by atoms with Crippen LogP contribution in [0, 0.1) is 17.0 Å². The van der Waals surface area contributed by atoms with Gasteiger partial charge in [0.25, 0.3) is 17.5 Å². The Morgan fingerprint density at radius 2 is 1.55 bits per heavy atom. The van der Waals surface area contributed by atoms with Crippen molar-refractivity contribution < 1.29 is 33.5 Å². The van der Waals surface area contributed by atoms with Crippen molar-refractivity contribution in [2.24, 2.45) is 0 Å². The summed E-state index contributed by atoms with van der Waals surface area (Å²) in [6.07, 6.45) is 1.97. The van der Waals surface area contributed by atoms with Crippen molar-refractivity contribution in [3.63, 3.8) is 0 Å². The monoisotopic (exact) mass is 684 g/mol. The summed E-state index contributed by atoms with van der Waals surface area (Å²) >= 11 is 1.30. The Balaban J connectivity index is 1.58. The van der Waals surface area contributed by atoms with E-state index in [1.165, 1.54) is 57.4 Å². The average molecular weight is 685 g/mol. The van der Waals surface area contributed by atoms with Gasteiger partial charge in [0.1, 0.15) is 11.4 Å². The van der Waals surface area contributed by atoms with Gasteiger partial charge in [0.05, 0.1) is 31.5 Å². The SMILES string of the molecule is CCC(Sc1cccc(NC(=O)/C(=C\c2cc(OC)c(OC)cc2OC)NC(=O)c2ccccc2)c1)C(=O)Nc1ccc([N+](=O)[O-])cc1C. The number of nitro groups is 1. The minimum atomic E-state index is -0.610. The zero-order valence-corrected chi connectivity index (χ0v) is 28.4. The Hall–Kier alpha value is -5.82. The fourth-order valence-corrected chi connectivity index (χ4v) is 5.72. The molecule has 0 bridgehead atoms. The normalized spacial score (nSPS) is 11.6. The Labute approximate surface area is 288 Å². The number of hydrogen-bond acceptors (Lipinski definition) is 9. The van der Waals surface area contributed by atoms with Crippen LogP contribution in [0.4, 0.5) is 17.1 Å². The number of nitrogens with zero attached hydrogens (tertiary/aromatic N) is 1. The number of nitro benzene ring substituents is 1. The third-order valence-corrected chi connectivity index (χ3v) is 8.63. The molecule has 4 aromatic rings. The molecule has 49 heavy (non-hydrogen) atoms. The number of benzene rings is 4. The fourth-order valence-electron chi connectivity index (χ4n) is 4.71. The number of methoxy groups -OCH3 is 3. The number of aryl methyl sites for hydroxylation is 1. The van der Waals surface area contributed by atoms with E-state index in [1.807, 2.05) is 13.0 Å². The summed E-state index contributed by atoms with van der Waals surface area (Å²) in [5, 5.41) is 19.0. The van der Waals surface area contributed by atoms with Crippen molar-refractivity contribution in [2.75, 3.05) is 32.0 Å². The van der Waals surface area contributed by atoms with Crippen LogP contribution in [0.3, 0.4) is 0 Å². The summed E-state index contributed by atoms with van der Waals surface area (Å²) in [5.41, 5.74) is 2.16. The molecule has 0 radical (unpaired) electrons. The standard InChI is InChI=1S/C36H36N4O8S/c1-6-33(36(43)38-28-16-15-26(40(44)45)17-22(28)2)49-27-14-10-13-25(20-27)37-35(42)29(39-34(41)23-11-8-7-9-12-23)18-24-19-31(47-4)32(48-5)21-30(24)46-3/h7-21,33H,6H2,1-5H3,(H,37,42)(H,38,43)(H,39,41)/b29-18+. The van der Waals surface area contributed by atoms with E-state index in [-0.39, 0.29) is 17.3 Å². The molecule has 4 aromatic carbocycles. The molecular weight excluding hydrogens is 648 g/mol. The highest BCUT2D eigenvalue weighted by Crippen LogP contribution is 2.36. The van der Waals surface area contributed by atoms with Gasteiger partial charge in [0.2, 0.25) is 5.91 Å². The summed E-state index contributed by atoms with van der Waals surface area (Å²) < 4.78 is 16.3. The van der Waals surface area contributed by atoms with Gasteiger partial charge in [-0.2, -0.15) is 0 Å². The lowest BCUT2D eigenvalue weighted by Crippen LogP contribution is -2.30. The van der Waals surface area contributed by atoms with Crippen molar-refractivity contribution in [3.8, 4) is 17.2 Å². The number of amides is 3. The number of carbonyl (C=O) groups excluding carboxylic acids is 3. The van der Waals surface area contributed by atoms with Gasteiger partial charge in [-0.25, -0.2) is 0 Å². The van der Waals surface area contributed by atoms with E-state index in [0.29, 0.717) is 56.6 Å². The second-order valence-electron chi connectivity index (χ2n) is 10.6. The Bertz CT molecular complexity index is 1880. The lowest BCUT2D eigenvalue weighted by Gasteiger charge is -2.17. The average Bonchev–Trinajstić information content (AvgIpc) is 3.11. The van der Waals surface area contributed by atoms with Crippen LogP contribution in [-0.2, 0) is 9.59 Å². The third kappa shape index (κ3) is 9.39. The number of rotatable bonds is 14. The smallest absolute Gasteiger partial charge is 0.272 e. The molecule has 0 aliphatic heterocycles. The van der Waals surface area contributed by atoms with Crippen LogP contribution in [0.5, 0.6) is 17.2 Å². The molecule has 12 nitrogen and oxygen atoms in total. The van der Waals surface area contributed by atoms with Crippen molar-refractivity contribution >= 4 is 52.6 Å². The van der Waals surface area contributed by atoms with Gasteiger partial charge in [-0.1, -0.05) is 31.2 Å². The lowest BCUT2D eigenvalue weighted by molar-refractivity contribution is -0.384. The van der Waals surface area contributed by atoms with Gasteiger partial charge in [0, 0.05) is 45.6 Å². The summed E-state index contributed by atoms with van der Waals surface area (Å²) in [7, 11) is 4.45. The number of nitrogens with one attached hydrogen (secondary N) is 3. The minimum absolute atomic E-state index is 0.0590. The molecule has 4 rings (SSSR count). The molecule has 1 unspecified atom stereocenters. The predicted octanol–water partition coefficient (Wildman–Crippen LogP) is 6.85. The first-order chi connectivity index (χ1) is 23.6. The lowest BCUT2D eigenvalue weighted by atomic mass is 10.1. The number of ether oxygens (including phenoxy) is 3. The molecule has 0 saturated heterocycles. The van der Waals surface area contributed by atoms with Crippen LogP contribution in [0.15, 0.2) is 95.5 Å². The zero-order valence-electron chi connectivity index (χ0n) is 27.6. The third-order valence-electron chi connectivity index (χ3n) is 7.28. The number of hydrogen-bond donors (Lipinski definition) is 3. The van der Waals surface area contributed by atoms with E-state index in [9.17, 15) is 24.5 Å². The van der Waals surface area contributed by atoms with Crippen molar-refractivity contribution in [1.29, 1.82) is 0 Å². The molecule has 13 heteroatoms. The highest BCUT2D eigenvalue weighted by atomic mass is 32.2. The van der Waals surface area contributed by atoms with Gasteiger partial charge in [-0.05, 0) is 67.4 Å². The van der Waals surface area contributed by atoms with Crippen LogP contribution >= 0.6 is 11.8 Å². The molecule has 3 amide bonds. The topological polar surface area (TPSA) is 158 Å². The van der Waals surface area contributed by atoms with Gasteiger partial charge >= 0.3 is 0 Å². The first kappa shape index (κ1) is 36.0. The zero-order chi connectivity index (χ0) is 35.5. The van der Waals surface area contributed by atoms with Crippen LogP contribution in [0.25, 0.3) is 6.08 Å². The highest BCUT2D eigenvalue weighted by Gasteiger charge is 2.21. The number of anilines is 2. The predicted molar refractivity (Wildman–Crippen MR) is 189 cm³/mol. The van der Waals surface area contributed by atoms with Crippen molar-refractivity contribution in [1.82, 2.24) is 5.32 Å². The molecule has 0 fully saturated rings. The van der Waals surface area contributed by atoms with E-state index in [4.69, 9.17) is 14.2 Å². The van der Waals surface area contributed by atoms with E-state index in [1.54, 1.807) is 67.6 Å². The molecular formula is C36H36N4O8S. The molecule has 254 valence electrons. The summed E-state index contributed by atoms with van der Waals surface area (Å²) in [4.78, 5) is 51.4.